The highest BCUT2D eigenvalue weighted by molar-refractivity contribution is 7.92. The second-order valence-corrected chi connectivity index (χ2v) is 7.99. The van der Waals surface area contributed by atoms with Crippen LogP contribution in [0.25, 0.3) is 0 Å². The topological polar surface area (TPSA) is 96.9 Å². The Balaban J connectivity index is 1.62. The van der Waals surface area contributed by atoms with Crippen molar-refractivity contribution in [3.63, 3.8) is 0 Å². The van der Waals surface area contributed by atoms with Crippen LogP contribution in [-0.4, -0.2) is 27.1 Å². The summed E-state index contributed by atoms with van der Waals surface area (Å²) < 4.78 is 46.3. The van der Waals surface area contributed by atoms with Crippen molar-refractivity contribution < 1.29 is 22.3 Å². The molecule has 0 saturated carbocycles. The minimum atomic E-state index is -3.79. The van der Waals surface area contributed by atoms with Gasteiger partial charge in [0.15, 0.2) is 0 Å². The van der Waals surface area contributed by atoms with E-state index in [1.165, 1.54) is 54.7 Å². The summed E-state index contributed by atoms with van der Waals surface area (Å²) in [5, 5.41) is 3.73. The minimum absolute atomic E-state index is 0.0836. The smallest absolute Gasteiger partial charge is 0.271 e. The highest BCUT2D eigenvalue weighted by Crippen LogP contribution is 2.19. The van der Waals surface area contributed by atoms with Gasteiger partial charge in [0, 0.05) is 16.8 Å². The molecule has 0 saturated heterocycles. The molecule has 0 heterocycles. The van der Waals surface area contributed by atoms with Gasteiger partial charge in [-0.25, -0.2) is 18.2 Å². The fourth-order valence-electron chi connectivity index (χ4n) is 2.59. The number of amides is 1. The zero-order valence-corrected chi connectivity index (χ0v) is 17.4. The van der Waals surface area contributed by atoms with Gasteiger partial charge in [-0.2, -0.15) is 5.10 Å². The van der Waals surface area contributed by atoms with E-state index < -0.39 is 21.7 Å². The maximum absolute atomic E-state index is 13.5. The lowest BCUT2D eigenvalue weighted by molar-refractivity contribution is 0.0955. The molecule has 2 N–H and O–H groups in total. The lowest BCUT2D eigenvalue weighted by atomic mass is 10.2. The fraction of sp³-hybridized carbons (Fsp3) is 0.0909. The van der Waals surface area contributed by atoms with Crippen LogP contribution < -0.4 is 14.9 Å². The van der Waals surface area contributed by atoms with Gasteiger partial charge in [0.05, 0.1) is 17.7 Å². The summed E-state index contributed by atoms with van der Waals surface area (Å²) >= 11 is 0. The molecule has 3 aromatic carbocycles. The van der Waals surface area contributed by atoms with Gasteiger partial charge in [0.2, 0.25) is 0 Å². The average Bonchev–Trinajstić information content (AvgIpc) is 2.76. The van der Waals surface area contributed by atoms with Crippen LogP contribution in [0, 0.1) is 5.82 Å². The van der Waals surface area contributed by atoms with Crippen LogP contribution >= 0.6 is 0 Å². The summed E-state index contributed by atoms with van der Waals surface area (Å²) in [6.45, 7) is 2.32. The van der Waals surface area contributed by atoms with Gasteiger partial charge in [-0.15, -0.1) is 0 Å². The molecule has 0 aliphatic rings. The molecule has 3 rings (SSSR count). The van der Waals surface area contributed by atoms with Crippen LogP contribution in [0.2, 0.25) is 0 Å². The number of carbonyl (C=O) groups excluding carboxylic acids is 1. The molecule has 31 heavy (non-hydrogen) atoms. The molecule has 0 radical (unpaired) electrons. The van der Waals surface area contributed by atoms with E-state index in [1.54, 1.807) is 24.3 Å². The predicted molar refractivity (Wildman–Crippen MR) is 116 cm³/mol. The number of rotatable bonds is 8. The van der Waals surface area contributed by atoms with Gasteiger partial charge in [-0.05, 0) is 61.5 Å². The molecule has 9 heteroatoms. The third kappa shape index (κ3) is 5.89. The van der Waals surface area contributed by atoms with E-state index in [1.807, 2.05) is 6.92 Å². The minimum Gasteiger partial charge on any atom is -0.494 e. The fourth-order valence-corrected chi connectivity index (χ4v) is 3.65. The van der Waals surface area contributed by atoms with Crippen LogP contribution in [0.1, 0.15) is 22.8 Å². The Bertz CT molecular complexity index is 1180. The number of nitrogens with one attached hydrogen (secondary N) is 2. The van der Waals surface area contributed by atoms with E-state index in [0.717, 1.165) is 0 Å². The maximum Gasteiger partial charge on any atom is 0.271 e. The molecule has 0 fully saturated rings. The molecule has 7 nitrogen and oxygen atoms in total. The summed E-state index contributed by atoms with van der Waals surface area (Å²) in [6.07, 6.45) is 1.20. The van der Waals surface area contributed by atoms with Crippen molar-refractivity contribution in [3.05, 3.63) is 89.7 Å². The van der Waals surface area contributed by atoms with E-state index in [-0.39, 0.29) is 16.0 Å². The normalized spacial score (nSPS) is 11.3. The summed E-state index contributed by atoms with van der Waals surface area (Å²) in [6, 6.07) is 17.9. The van der Waals surface area contributed by atoms with Gasteiger partial charge < -0.3 is 4.74 Å². The summed E-state index contributed by atoms with van der Waals surface area (Å²) in [7, 11) is -3.79. The van der Waals surface area contributed by atoms with Crippen molar-refractivity contribution in [2.75, 3.05) is 11.3 Å². The number of hydrazone groups is 1. The second-order valence-electron chi connectivity index (χ2n) is 6.31. The molecular formula is C22H20FN3O4S. The Hall–Kier alpha value is -3.72. The van der Waals surface area contributed by atoms with E-state index in [4.69, 9.17) is 4.74 Å². The van der Waals surface area contributed by atoms with E-state index in [0.29, 0.717) is 18.0 Å². The van der Waals surface area contributed by atoms with Crippen LogP contribution in [0.5, 0.6) is 5.75 Å². The largest absolute Gasteiger partial charge is 0.494 e. The van der Waals surface area contributed by atoms with Gasteiger partial charge in [-0.3, -0.25) is 9.52 Å². The van der Waals surface area contributed by atoms with Gasteiger partial charge >= 0.3 is 0 Å². The number of halogens is 1. The molecule has 0 aliphatic heterocycles. The summed E-state index contributed by atoms with van der Waals surface area (Å²) in [5.41, 5.74) is 3.09. The van der Waals surface area contributed by atoms with E-state index >= 15 is 0 Å². The van der Waals surface area contributed by atoms with Crippen molar-refractivity contribution in [1.82, 2.24) is 5.43 Å². The van der Waals surface area contributed by atoms with Crippen molar-refractivity contribution in [1.29, 1.82) is 0 Å². The quantitative estimate of drug-likeness (QED) is 0.411. The Labute approximate surface area is 179 Å². The maximum atomic E-state index is 13.5. The van der Waals surface area contributed by atoms with Crippen molar-refractivity contribution in [3.8, 4) is 5.75 Å². The molecule has 0 atom stereocenters. The van der Waals surface area contributed by atoms with Crippen LogP contribution in [0.15, 0.2) is 82.8 Å². The van der Waals surface area contributed by atoms with Crippen molar-refractivity contribution >= 4 is 27.8 Å². The van der Waals surface area contributed by atoms with E-state index in [2.05, 4.69) is 15.2 Å². The summed E-state index contributed by atoms with van der Waals surface area (Å²) in [5.74, 6) is -0.396. The first-order chi connectivity index (χ1) is 14.9. The highest BCUT2D eigenvalue weighted by Gasteiger charge is 2.14. The summed E-state index contributed by atoms with van der Waals surface area (Å²) in [4.78, 5) is 12.2. The molecule has 0 bridgehead atoms. The second kappa shape index (κ2) is 9.86. The van der Waals surface area contributed by atoms with Crippen molar-refractivity contribution in [2.45, 2.75) is 11.8 Å². The monoisotopic (exact) mass is 441 g/mol. The Morgan fingerprint density at radius 1 is 1.03 bits per heavy atom. The number of sulfonamides is 1. The number of carbonyl (C=O) groups is 1. The number of hydrogen-bond acceptors (Lipinski definition) is 5. The van der Waals surface area contributed by atoms with Gasteiger partial charge in [0.25, 0.3) is 15.9 Å². The SMILES string of the molecule is CCOc1ccc(S(=O)(=O)Nc2ccc(C(=O)NN=Cc3ccccc3F)cc2)cc1. The zero-order valence-electron chi connectivity index (χ0n) is 16.6. The average molecular weight is 441 g/mol. The molecular weight excluding hydrogens is 421 g/mol. The van der Waals surface area contributed by atoms with Crippen LogP contribution in [0.4, 0.5) is 10.1 Å². The predicted octanol–water partition coefficient (Wildman–Crippen LogP) is 3.79. The van der Waals surface area contributed by atoms with Crippen molar-refractivity contribution in [2.24, 2.45) is 5.10 Å². The third-order valence-corrected chi connectivity index (χ3v) is 5.52. The lowest BCUT2D eigenvalue weighted by Crippen LogP contribution is -2.18. The number of benzene rings is 3. The number of hydrogen-bond donors (Lipinski definition) is 2. The molecule has 0 aliphatic carbocycles. The zero-order chi connectivity index (χ0) is 22.3. The third-order valence-electron chi connectivity index (χ3n) is 4.12. The molecule has 1 amide bonds. The number of nitrogens with zero attached hydrogens (tertiary/aromatic N) is 1. The highest BCUT2D eigenvalue weighted by atomic mass is 32.2. The Kier molecular flexibility index (Phi) is 6.99. The first-order valence-electron chi connectivity index (χ1n) is 9.33. The Morgan fingerprint density at radius 2 is 1.71 bits per heavy atom. The van der Waals surface area contributed by atoms with Crippen LogP contribution in [0.3, 0.4) is 0 Å². The van der Waals surface area contributed by atoms with Crippen LogP contribution in [-0.2, 0) is 10.0 Å². The lowest BCUT2D eigenvalue weighted by Gasteiger charge is -2.09. The molecule has 0 unspecified atom stereocenters. The first-order valence-corrected chi connectivity index (χ1v) is 10.8. The molecule has 3 aromatic rings. The molecule has 160 valence electrons. The van der Waals surface area contributed by atoms with E-state index in [9.17, 15) is 17.6 Å². The number of anilines is 1. The first kappa shape index (κ1) is 22.0. The standard InChI is InChI=1S/C22H20FN3O4S/c1-2-30-19-11-13-20(14-12-19)31(28,29)26-18-9-7-16(8-10-18)22(27)25-24-15-17-5-3-4-6-21(17)23/h3-15,26H,2H2,1H3,(H,25,27). The molecule has 0 aromatic heterocycles. The van der Waals surface area contributed by atoms with Gasteiger partial charge in [-0.1, -0.05) is 18.2 Å². The molecule has 0 spiro atoms. The Morgan fingerprint density at radius 3 is 2.35 bits per heavy atom. The number of ether oxygens (including phenoxy) is 1. The van der Waals surface area contributed by atoms with Gasteiger partial charge in [0.1, 0.15) is 11.6 Å².